The Morgan fingerprint density at radius 2 is 1.78 bits per heavy atom. The molecule has 0 saturated carbocycles. The number of halogens is 3. The summed E-state index contributed by atoms with van der Waals surface area (Å²) in [4.78, 5) is 22.2. The normalized spacial score (nSPS) is 10.8. The standard InChI is InChI=1S/C22H16Br2ClN3O4/c23-18-9-15(10-19(24)22(18)32-13-16-3-1-2-4-20(16)25)12-26-27-21(29)11-14-5-7-17(8-6-14)28(30)31/h1-10,12H,11,13H2,(H,27,29)/b26-12-. The average molecular weight is 582 g/mol. The molecule has 7 nitrogen and oxygen atoms in total. The minimum absolute atomic E-state index is 0.0253. The largest absolute Gasteiger partial charge is 0.486 e. The minimum Gasteiger partial charge on any atom is -0.486 e. The van der Waals surface area contributed by atoms with Gasteiger partial charge < -0.3 is 4.74 Å². The van der Waals surface area contributed by atoms with E-state index in [-0.39, 0.29) is 18.0 Å². The van der Waals surface area contributed by atoms with Gasteiger partial charge in [-0.05, 0) is 61.2 Å². The lowest BCUT2D eigenvalue weighted by Gasteiger charge is -2.12. The number of ether oxygens (including phenoxy) is 1. The number of rotatable bonds is 8. The molecule has 0 fully saturated rings. The highest BCUT2D eigenvalue weighted by Gasteiger charge is 2.10. The maximum Gasteiger partial charge on any atom is 0.269 e. The lowest BCUT2D eigenvalue weighted by Crippen LogP contribution is -2.19. The molecule has 0 radical (unpaired) electrons. The zero-order valence-electron chi connectivity index (χ0n) is 16.4. The summed E-state index contributed by atoms with van der Waals surface area (Å²) in [6.07, 6.45) is 1.55. The van der Waals surface area contributed by atoms with Crippen molar-refractivity contribution in [3.63, 3.8) is 0 Å². The van der Waals surface area contributed by atoms with Crippen molar-refractivity contribution in [1.82, 2.24) is 5.43 Å². The van der Waals surface area contributed by atoms with Crippen LogP contribution in [0.5, 0.6) is 5.75 Å². The van der Waals surface area contributed by atoms with E-state index in [9.17, 15) is 14.9 Å². The number of amides is 1. The summed E-state index contributed by atoms with van der Waals surface area (Å²) in [5.41, 5.74) is 4.66. The number of nitrogens with one attached hydrogen (secondary N) is 1. The maximum absolute atomic E-state index is 12.0. The third kappa shape index (κ3) is 6.62. The van der Waals surface area contributed by atoms with Crippen LogP contribution in [0.4, 0.5) is 5.69 Å². The SMILES string of the molecule is O=C(Cc1ccc([N+](=O)[O-])cc1)N/N=C\c1cc(Br)c(OCc2ccccc2Cl)c(Br)c1. The third-order valence-electron chi connectivity index (χ3n) is 4.27. The second-order valence-corrected chi connectivity index (χ2v) is 8.70. The van der Waals surface area contributed by atoms with Crippen LogP contribution in [0.15, 0.2) is 74.7 Å². The van der Waals surface area contributed by atoms with Crippen molar-refractivity contribution < 1.29 is 14.5 Å². The summed E-state index contributed by atoms with van der Waals surface area (Å²) in [6, 6.07) is 16.9. The van der Waals surface area contributed by atoms with E-state index in [1.165, 1.54) is 30.5 Å². The van der Waals surface area contributed by atoms with Crippen molar-refractivity contribution in [2.75, 3.05) is 0 Å². The molecule has 3 aromatic carbocycles. The predicted molar refractivity (Wildman–Crippen MR) is 130 cm³/mol. The van der Waals surface area contributed by atoms with Gasteiger partial charge in [0.1, 0.15) is 12.4 Å². The Hall–Kier alpha value is -2.75. The Labute approximate surface area is 205 Å². The van der Waals surface area contributed by atoms with Crippen LogP contribution in [0.25, 0.3) is 0 Å². The van der Waals surface area contributed by atoms with Crippen LogP contribution < -0.4 is 10.2 Å². The van der Waals surface area contributed by atoms with Gasteiger partial charge in [0.05, 0.1) is 26.5 Å². The molecule has 0 unspecified atom stereocenters. The van der Waals surface area contributed by atoms with Gasteiger partial charge in [0, 0.05) is 22.7 Å². The fraction of sp³-hybridized carbons (Fsp3) is 0.0909. The molecular weight excluding hydrogens is 566 g/mol. The minimum atomic E-state index is -0.489. The average Bonchev–Trinajstić information content (AvgIpc) is 2.74. The number of benzene rings is 3. The Morgan fingerprint density at radius 1 is 1.12 bits per heavy atom. The zero-order chi connectivity index (χ0) is 23.1. The lowest BCUT2D eigenvalue weighted by atomic mass is 10.1. The highest BCUT2D eigenvalue weighted by atomic mass is 79.9. The van der Waals surface area contributed by atoms with E-state index in [4.69, 9.17) is 16.3 Å². The number of carbonyl (C=O) groups is 1. The predicted octanol–water partition coefficient (Wildman–Crippen LogP) is 6.05. The second kappa shape index (κ2) is 11.2. The summed E-state index contributed by atoms with van der Waals surface area (Å²) < 4.78 is 7.30. The monoisotopic (exact) mass is 579 g/mol. The van der Waals surface area contributed by atoms with Crippen LogP contribution in [0.1, 0.15) is 16.7 Å². The van der Waals surface area contributed by atoms with Gasteiger partial charge in [-0.1, -0.05) is 41.9 Å². The van der Waals surface area contributed by atoms with Crippen molar-refractivity contribution in [2.24, 2.45) is 5.10 Å². The van der Waals surface area contributed by atoms with Crippen LogP contribution >= 0.6 is 43.5 Å². The molecule has 0 aliphatic carbocycles. The number of hydrogen-bond acceptors (Lipinski definition) is 5. The van der Waals surface area contributed by atoms with E-state index in [0.717, 1.165) is 11.1 Å². The van der Waals surface area contributed by atoms with Crippen LogP contribution in [0.3, 0.4) is 0 Å². The number of hydrogen-bond donors (Lipinski definition) is 1. The fourth-order valence-corrected chi connectivity index (χ4v) is 4.34. The number of carbonyl (C=O) groups excluding carboxylic acids is 1. The van der Waals surface area contributed by atoms with Crippen LogP contribution in [-0.4, -0.2) is 17.0 Å². The van der Waals surface area contributed by atoms with Crippen molar-refractivity contribution in [2.45, 2.75) is 13.0 Å². The van der Waals surface area contributed by atoms with Gasteiger partial charge in [-0.3, -0.25) is 14.9 Å². The first-order valence-electron chi connectivity index (χ1n) is 9.24. The van der Waals surface area contributed by atoms with Gasteiger partial charge in [0.2, 0.25) is 5.91 Å². The van der Waals surface area contributed by atoms with Gasteiger partial charge >= 0.3 is 0 Å². The van der Waals surface area contributed by atoms with Gasteiger partial charge in [-0.25, -0.2) is 5.43 Å². The molecule has 0 aliphatic heterocycles. The highest BCUT2D eigenvalue weighted by molar-refractivity contribution is 9.11. The van der Waals surface area contributed by atoms with E-state index < -0.39 is 4.92 Å². The second-order valence-electron chi connectivity index (χ2n) is 6.59. The quantitative estimate of drug-likeness (QED) is 0.199. The molecule has 1 N–H and O–H groups in total. The Bertz CT molecular complexity index is 1150. The van der Waals surface area contributed by atoms with Gasteiger partial charge in [0.15, 0.2) is 0 Å². The van der Waals surface area contributed by atoms with E-state index in [1.807, 2.05) is 18.2 Å². The molecule has 0 aromatic heterocycles. The Morgan fingerprint density at radius 3 is 2.41 bits per heavy atom. The molecule has 3 rings (SSSR count). The molecular formula is C22H16Br2ClN3O4. The molecule has 0 aliphatic rings. The van der Waals surface area contributed by atoms with Crippen molar-refractivity contribution in [1.29, 1.82) is 0 Å². The lowest BCUT2D eigenvalue weighted by molar-refractivity contribution is -0.384. The van der Waals surface area contributed by atoms with Crippen molar-refractivity contribution >= 4 is 61.3 Å². The highest BCUT2D eigenvalue weighted by Crippen LogP contribution is 2.35. The van der Waals surface area contributed by atoms with Crippen LogP contribution in [0.2, 0.25) is 5.02 Å². The van der Waals surface area contributed by atoms with E-state index in [1.54, 1.807) is 18.2 Å². The first kappa shape index (κ1) is 23.9. The molecule has 0 atom stereocenters. The van der Waals surface area contributed by atoms with Crippen LogP contribution in [0, 0.1) is 10.1 Å². The van der Waals surface area contributed by atoms with E-state index >= 15 is 0 Å². The molecule has 0 bridgehead atoms. The Balaban J connectivity index is 1.58. The van der Waals surface area contributed by atoms with E-state index in [2.05, 4.69) is 42.4 Å². The topological polar surface area (TPSA) is 93.8 Å². The molecule has 10 heteroatoms. The number of non-ortho nitro benzene ring substituents is 1. The number of nitrogens with zero attached hydrogens (tertiary/aromatic N) is 2. The van der Waals surface area contributed by atoms with Gasteiger partial charge in [-0.15, -0.1) is 0 Å². The number of nitro groups is 1. The van der Waals surface area contributed by atoms with E-state index in [0.29, 0.717) is 31.9 Å². The van der Waals surface area contributed by atoms with Crippen LogP contribution in [-0.2, 0) is 17.8 Å². The van der Waals surface area contributed by atoms with Gasteiger partial charge in [-0.2, -0.15) is 5.10 Å². The number of hydrazone groups is 1. The molecule has 3 aromatic rings. The molecule has 164 valence electrons. The zero-order valence-corrected chi connectivity index (χ0v) is 20.4. The third-order valence-corrected chi connectivity index (χ3v) is 5.81. The Kier molecular flexibility index (Phi) is 8.38. The maximum atomic E-state index is 12.0. The fourth-order valence-electron chi connectivity index (χ4n) is 2.70. The molecule has 1 amide bonds. The van der Waals surface area contributed by atoms with Crippen molar-refractivity contribution in [3.8, 4) is 5.75 Å². The first-order valence-corrected chi connectivity index (χ1v) is 11.2. The summed E-state index contributed by atoms with van der Waals surface area (Å²) in [7, 11) is 0. The molecule has 32 heavy (non-hydrogen) atoms. The van der Waals surface area contributed by atoms with Gasteiger partial charge in [0.25, 0.3) is 5.69 Å². The molecule has 0 heterocycles. The summed E-state index contributed by atoms with van der Waals surface area (Å²) in [5, 5.41) is 15.3. The smallest absolute Gasteiger partial charge is 0.269 e. The summed E-state index contributed by atoms with van der Waals surface area (Å²) >= 11 is 13.1. The molecule has 0 saturated heterocycles. The first-order chi connectivity index (χ1) is 15.3. The summed E-state index contributed by atoms with van der Waals surface area (Å²) in [6.45, 7) is 0.309. The number of nitro benzene ring substituents is 1. The van der Waals surface area contributed by atoms with Crippen molar-refractivity contribution in [3.05, 3.63) is 101 Å². The summed E-state index contributed by atoms with van der Waals surface area (Å²) in [5.74, 6) is 0.275. The molecule has 0 spiro atoms.